The summed E-state index contributed by atoms with van der Waals surface area (Å²) in [6.07, 6.45) is 0.809. The van der Waals surface area contributed by atoms with Crippen molar-refractivity contribution in [3.63, 3.8) is 0 Å². The molecule has 0 saturated carbocycles. The molecule has 2 aromatic carbocycles. The van der Waals surface area contributed by atoms with Crippen molar-refractivity contribution in [1.82, 2.24) is 0 Å². The Morgan fingerprint density at radius 3 is 2.35 bits per heavy atom. The quantitative estimate of drug-likeness (QED) is 0.417. The van der Waals surface area contributed by atoms with E-state index in [9.17, 15) is 22.0 Å². The Morgan fingerprint density at radius 1 is 1.15 bits per heavy atom. The lowest BCUT2D eigenvalue weighted by Gasteiger charge is -2.07. The van der Waals surface area contributed by atoms with Crippen molar-refractivity contribution in [2.24, 2.45) is 0 Å². The highest BCUT2D eigenvalue weighted by molar-refractivity contribution is 7.85. The summed E-state index contributed by atoms with van der Waals surface area (Å²) in [6.45, 7) is 0. The highest BCUT2D eigenvalue weighted by Gasteiger charge is 2.14. The number of anilines is 2. The van der Waals surface area contributed by atoms with Gasteiger partial charge >= 0.3 is 0 Å². The molecule has 0 bridgehead atoms. The van der Waals surface area contributed by atoms with Gasteiger partial charge in [0.25, 0.3) is 16.0 Å². The molecule has 0 atom stereocenters. The highest BCUT2D eigenvalue weighted by atomic mass is 32.2. The first-order valence-corrected chi connectivity index (χ1v) is 8.36. The molecule has 10 heteroatoms. The second kappa shape index (κ2) is 7.73. The maximum atomic E-state index is 13.5. The monoisotopic (exact) mass is 379 g/mol. The number of rotatable bonds is 5. The molecule has 3 N–H and O–H groups in total. The van der Waals surface area contributed by atoms with E-state index in [-0.39, 0.29) is 5.69 Å². The molecule has 26 heavy (non-hydrogen) atoms. The Kier molecular flexibility index (Phi) is 5.66. The molecule has 2 aromatic rings. The van der Waals surface area contributed by atoms with Gasteiger partial charge in [-0.1, -0.05) is 12.1 Å². The zero-order valence-electron chi connectivity index (χ0n) is 12.9. The third kappa shape index (κ3) is 4.62. The predicted molar refractivity (Wildman–Crippen MR) is 88.6 cm³/mol. The van der Waals surface area contributed by atoms with Gasteiger partial charge in [-0.05, 0) is 30.3 Å². The largest absolute Gasteiger partial charge is 0.355 e. The molecule has 0 radical (unpaired) electrons. The normalized spacial score (nSPS) is 11.5. The van der Waals surface area contributed by atoms with Crippen LogP contribution in [0.3, 0.4) is 0 Å². The van der Waals surface area contributed by atoms with Gasteiger partial charge in [-0.25, -0.2) is 8.78 Å². The van der Waals surface area contributed by atoms with Gasteiger partial charge in [0.05, 0.1) is 4.90 Å². The summed E-state index contributed by atoms with van der Waals surface area (Å²) in [5.41, 5.74) is -1.07. The van der Waals surface area contributed by atoms with Crippen LogP contribution < -0.4 is 10.6 Å². The summed E-state index contributed by atoms with van der Waals surface area (Å²) in [6, 6.07) is 9.36. The molecule has 7 nitrogen and oxygen atoms in total. The van der Waals surface area contributed by atoms with Gasteiger partial charge in [0.2, 0.25) is 0 Å². The lowest BCUT2D eigenvalue weighted by molar-refractivity contribution is -0.112. The Balaban J connectivity index is 2.21. The van der Waals surface area contributed by atoms with E-state index in [1.807, 2.05) is 0 Å². The third-order valence-electron chi connectivity index (χ3n) is 3.08. The summed E-state index contributed by atoms with van der Waals surface area (Å²) in [5.74, 6) is -2.79. The van der Waals surface area contributed by atoms with Gasteiger partial charge < -0.3 is 10.6 Å². The number of hydrogen-bond acceptors (Lipinski definition) is 5. The lowest BCUT2D eigenvalue weighted by atomic mass is 10.2. The van der Waals surface area contributed by atoms with Crippen LogP contribution in [0.15, 0.2) is 59.1 Å². The molecule has 134 valence electrons. The number of carbonyl (C=O) groups excluding carboxylic acids is 1. The smallest absolute Gasteiger partial charge is 0.294 e. The predicted octanol–water partition coefficient (Wildman–Crippen LogP) is 2.67. The van der Waals surface area contributed by atoms with E-state index < -0.39 is 43.8 Å². The van der Waals surface area contributed by atoms with Crippen molar-refractivity contribution in [2.45, 2.75) is 4.90 Å². The number of amides is 1. The van der Waals surface area contributed by atoms with E-state index >= 15 is 0 Å². The maximum Gasteiger partial charge on any atom is 0.294 e. The Morgan fingerprint density at radius 2 is 1.77 bits per heavy atom. The van der Waals surface area contributed by atoms with Crippen LogP contribution in [0.4, 0.5) is 20.2 Å². The molecule has 2 rings (SSSR count). The molecule has 0 aliphatic carbocycles. The van der Waals surface area contributed by atoms with E-state index in [0.717, 1.165) is 36.5 Å². The van der Waals surface area contributed by atoms with Crippen molar-refractivity contribution < 1.29 is 26.5 Å². The van der Waals surface area contributed by atoms with E-state index in [2.05, 4.69) is 10.6 Å². The Labute approximate surface area is 147 Å². The van der Waals surface area contributed by atoms with Gasteiger partial charge in [0.1, 0.15) is 29.0 Å². The minimum atomic E-state index is -4.47. The van der Waals surface area contributed by atoms with Crippen LogP contribution in [0.1, 0.15) is 0 Å². The third-order valence-corrected chi connectivity index (χ3v) is 3.93. The average Bonchev–Trinajstić information content (AvgIpc) is 2.57. The van der Waals surface area contributed by atoms with Crippen LogP contribution in [0.2, 0.25) is 0 Å². The minimum Gasteiger partial charge on any atom is -0.355 e. The van der Waals surface area contributed by atoms with Crippen molar-refractivity contribution in [2.75, 3.05) is 10.6 Å². The summed E-state index contributed by atoms with van der Waals surface area (Å²) >= 11 is 0. The first-order chi connectivity index (χ1) is 12.2. The van der Waals surface area contributed by atoms with Crippen LogP contribution in [-0.2, 0) is 14.9 Å². The SMILES string of the molecule is N#C/C(=C/Nc1c(F)cccc1F)C(=O)Nc1cccc(S(=O)(=O)O)c1. The van der Waals surface area contributed by atoms with E-state index in [1.165, 1.54) is 12.1 Å². The van der Waals surface area contributed by atoms with Crippen molar-refractivity contribution in [3.8, 4) is 6.07 Å². The van der Waals surface area contributed by atoms with Gasteiger partial charge in [-0.2, -0.15) is 13.7 Å². The Hall–Kier alpha value is -3.29. The van der Waals surface area contributed by atoms with Crippen LogP contribution >= 0.6 is 0 Å². The summed E-state index contributed by atoms with van der Waals surface area (Å²) in [7, 11) is -4.47. The summed E-state index contributed by atoms with van der Waals surface area (Å²) in [5, 5.41) is 13.5. The molecule has 0 unspecified atom stereocenters. The first kappa shape index (κ1) is 19.0. The maximum absolute atomic E-state index is 13.5. The molecule has 0 aliphatic rings. The Bertz CT molecular complexity index is 1010. The standard InChI is InChI=1S/C16H11F2N3O4S/c17-13-5-2-6-14(18)15(13)20-9-10(8-19)16(22)21-11-3-1-4-12(7-11)26(23,24)25/h1-7,9,20H,(H,21,22)(H,23,24,25)/b10-9-. The molecule has 0 saturated heterocycles. The van der Waals surface area contributed by atoms with Crippen LogP contribution in [0, 0.1) is 23.0 Å². The first-order valence-electron chi connectivity index (χ1n) is 6.92. The summed E-state index contributed by atoms with van der Waals surface area (Å²) < 4.78 is 58.2. The zero-order valence-corrected chi connectivity index (χ0v) is 13.7. The average molecular weight is 379 g/mol. The van der Waals surface area contributed by atoms with Crippen molar-refractivity contribution in [3.05, 3.63) is 65.9 Å². The van der Waals surface area contributed by atoms with Gasteiger partial charge in [-0.3, -0.25) is 9.35 Å². The topological polar surface area (TPSA) is 119 Å². The number of halogens is 2. The second-order valence-electron chi connectivity index (χ2n) is 4.87. The molecule has 0 spiro atoms. The fourth-order valence-electron chi connectivity index (χ4n) is 1.86. The number of carbonyl (C=O) groups is 1. The van der Waals surface area contributed by atoms with Gasteiger partial charge in [-0.15, -0.1) is 0 Å². The van der Waals surface area contributed by atoms with Gasteiger partial charge in [0, 0.05) is 11.9 Å². The van der Waals surface area contributed by atoms with E-state index in [1.54, 1.807) is 6.07 Å². The molecule has 0 aromatic heterocycles. The van der Waals surface area contributed by atoms with Crippen LogP contribution in [0.5, 0.6) is 0 Å². The van der Waals surface area contributed by atoms with Crippen molar-refractivity contribution in [1.29, 1.82) is 5.26 Å². The fourth-order valence-corrected chi connectivity index (χ4v) is 2.39. The number of benzene rings is 2. The molecular weight excluding hydrogens is 368 g/mol. The van der Waals surface area contributed by atoms with E-state index in [0.29, 0.717) is 0 Å². The fraction of sp³-hybridized carbons (Fsp3) is 0. The summed E-state index contributed by atoms with van der Waals surface area (Å²) in [4.78, 5) is 11.6. The number of para-hydroxylation sites is 1. The number of nitriles is 1. The minimum absolute atomic E-state index is 0.0108. The van der Waals surface area contributed by atoms with E-state index in [4.69, 9.17) is 9.81 Å². The molecule has 0 fully saturated rings. The highest BCUT2D eigenvalue weighted by Crippen LogP contribution is 2.19. The van der Waals surface area contributed by atoms with Crippen molar-refractivity contribution >= 4 is 27.4 Å². The van der Waals surface area contributed by atoms with Crippen LogP contribution in [-0.4, -0.2) is 18.9 Å². The molecule has 0 heterocycles. The second-order valence-corrected chi connectivity index (χ2v) is 6.29. The number of nitrogens with zero attached hydrogens (tertiary/aromatic N) is 1. The molecule has 1 amide bonds. The zero-order chi connectivity index (χ0) is 19.3. The number of nitrogens with one attached hydrogen (secondary N) is 2. The lowest BCUT2D eigenvalue weighted by Crippen LogP contribution is -2.15. The molecule has 0 aliphatic heterocycles. The molecular formula is C16H11F2N3O4S. The van der Waals surface area contributed by atoms with Crippen LogP contribution in [0.25, 0.3) is 0 Å². The van der Waals surface area contributed by atoms with Gasteiger partial charge in [0.15, 0.2) is 0 Å². The number of hydrogen-bond donors (Lipinski definition) is 3.